The van der Waals surface area contributed by atoms with Gasteiger partial charge in [-0.05, 0) is 6.42 Å². The van der Waals surface area contributed by atoms with Gasteiger partial charge in [0.25, 0.3) is 0 Å². The van der Waals surface area contributed by atoms with Gasteiger partial charge in [-0.2, -0.15) is 23.5 Å². The summed E-state index contributed by atoms with van der Waals surface area (Å²) in [5, 5.41) is 11.7. The van der Waals surface area contributed by atoms with Gasteiger partial charge in [0.1, 0.15) is 0 Å². The van der Waals surface area contributed by atoms with Gasteiger partial charge in [0.05, 0.1) is 6.10 Å². The molecule has 1 fully saturated rings. The molecule has 0 bridgehead atoms. The van der Waals surface area contributed by atoms with Gasteiger partial charge in [-0.15, -0.1) is 0 Å². The van der Waals surface area contributed by atoms with Crippen molar-refractivity contribution in [2.24, 2.45) is 0 Å². The molecule has 1 nitrogen and oxygen atoms in total. The Bertz CT molecular complexity index is 152. The highest BCUT2D eigenvalue weighted by molar-refractivity contribution is 8.07. The molecule has 0 spiro atoms. The molecule has 13 heavy (non-hydrogen) atoms. The zero-order valence-corrected chi connectivity index (χ0v) is 10.3. The predicted molar refractivity (Wildman–Crippen MR) is 63.7 cm³/mol. The summed E-state index contributed by atoms with van der Waals surface area (Å²) in [6.45, 7) is 6.69. The lowest BCUT2D eigenvalue weighted by Crippen LogP contribution is -2.34. The Kier molecular flexibility index (Phi) is 4.98. The third kappa shape index (κ3) is 3.37. The minimum Gasteiger partial charge on any atom is -0.392 e. The molecule has 4 unspecified atom stereocenters. The first-order chi connectivity index (χ1) is 6.15. The van der Waals surface area contributed by atoms with Crippen LogP contribution in [0.2, 0.25) is 0 Å². The van der Waals surface area contributed by atoms with E-state index in [-0.39, 0.29) is 6.10 Å². The first-order valence-corrected chi connectivity index (χ1v) is 7.09. The third-order valence-corrected chi connectivity index (χ3v) is 6.12. The van der Waals surface area contributed by atoms with Crippen molar-refractivity contribution < 1.29 is 5.11 Å². The van der Waals surface area contributed by atoms with Gasteiger partial charge in [0, 0.05) is 21.5 Å². The first-order valence-electron chi connectivity index (χ1n) is 5.10. The molecule has 78 valence electrons. The van der Waals surface area contributed by atoms with Crippen LogP contribution in [0.3, 0.4) is 0 Å². The zero-order valence-electron chi connectivity index (χ0n) is 8.69. The molecule has 1 aliphatic rings. The summed E-state index contributed by atoms with van der Waals surface area (Å²) in [4.78, 5) is 0. The number of hydrogen-bond donors (Lipinski definition) is 1. The van der Waals surface area contributed by atoms with E-state index in [0.717, 1.165) is 23.8 Å². The van der Waals surface area contributed by atoms with Crippen LogP contribution >= 0.6 is 23.5 Å². The molecule has 0 radical (unpaired) electrons. The largest absolute Gasteiger partial charge is 0.392 e. The molecule has 1 aliphatic heterocycles. The maximum Gasteiger partial charge on any atom is 0.0666 e. The highest BCUT2D eigenvalue weighted by Gasteiger charge is 2.29. The minimum absolute atomic E-state index is 0.0857. The number of aliphatic hydroxyl groups excluding tert-OH is 1. The van der Waals surface area contributed by atoms with E-state index in [2.05, 4.69) is 20.8 Å². The van der Waals surface area contributed by atoms with E-state index >= 15 is 0 Å². The first kappa shape index (κ1) is 11.7. The van der Waals surface area contributed by atoms with E-state index in [1.807, 2.05) is 23.5 Å². The van der Waals surface area contributed by atoms with E-state index in [4.69, 9.17) is 0 Å². The average molecular weight is 220 g/mol. The second-order valence-corrected chi connectivity index (χ2v) is 6.81. The molecule has 0 aliphatic carbocycles. The monoisotopic (exact) mass is 220 g/mol. The SMILES string of the molecule is CCCC(O)C1CSC(C)C(C)S1. The zero-order chi connectivity index (χ0) is 9.84. The van der Waals surface area contributed by atoms with Crippen molar-refractivity contribution >= 4 is 23.5 Å². The van der Waals surface area contributed by atoms with Gasteiger partial charge in [-0.3, -0.25) is 0 Å². The summed E-state index contributed by atoms with van der Waals surface area (Å²) in [6, 6.07) is 0. The molecule has 1 rings (SSSR count). The molecule has 1 heterocycles. The number of thioether (sulfide) groups is 2. The topological polar surface area (TPSA) is 20.2 Å². The summed E-state index contributed by atoms with van der Waals surface area (Å²) in [7, 11) is 0. The van der Waals surface area contributed by atoms with Gasteiger partial charge in [0.15, 0.2) is 0 Å². The van der Waals surface area contributed by atoms with Crippen molar-refractivity contribution in [2.75, 3.05) is 5.75 Å². The number of aliphatic hydroxyl groups is 1. The van der Waals surface area contributed by atoms with Crippen molar-refractivity contribution in [3.05, 3.63) is 0 Å². The van der Waals surface area contributed by atoms with Crippen LogP contribution in [0.15, 0.2) is 0 Å². The van der Waals surface area contributed by atoms with Crippen LogP contribution in [0.25, 0.3) is 0 Å². The van der Waals surface area contributed by atoms with Crippen molar-refractivity contribution in [1.82, 2.24) is 0 Å². The summed E-state index contributed by atoms with van der Waals surface area (Å²) < 4.78 is 0. The Morgan fingerprint density at radius 3 is 2.62 bits per heavy atom. The smallest absolute Gasteiger partial charge is 0.0666 e. The van der Waals surface area contributed by atoms with Crippen molar-refractivity contribution in [3.8, 4) is 0 Å². The van der Waals surface area contributed by atoms with Crippen LogP contribution in [-0.2, 0) is 0 Å². The van der Waals surface area contributed by atoms with E-state index in [0.29, 0.717) is 10.5 Å². The Morgan fingerprint density at radius 1 is 1.38 bits per heavy atom. The number of rotatable bonds is 3. The molecule has 0 aromatic rings. The van der Waals surface area contributed by atoms with Gasteiger partial charge in [-0.1, -0.05) is 27.2 Å². The molecule has 0 amide bonds. The lowest BCUT2D eigenvalue weighted by atomic mass is 10.1. The normalized spacial score (nSPS) is 37.4. The molecule has 0 saturated carbocycles. The molecule has 0 aromatic carbocycles. The summed E-state index contributed by atoms with van der Waals surface area (Å²) in [5.41, 5.74) is 0. The molecular weight excluding hydrogens is 200 g/mol. The van der Waals surface area contributed by atoms with Crippen LogP contribution in [0.1, 0.15) is 33.6 Å². The van der Waals surface area contributed by atoms with Crippen LogP contribution < -0.4 is 0 Å². The Hall–Kier alpha value is 0.660. The standard InChI is InChI=1S/C10H20OS2/c1-4-5-9(11)10-6-12-7(2)8(3)13-10/h7-11H,4-6H2,1-3H3. The quantitative estimate of drug-likeness (QED) is 0.790. The molecule has 4 atom stereocenters. The average Bonchev–Trinajstić information content (AvgIpc) is 2.10. The fourth-order valence-corrected chi connectivity index (χ4v) is 4.55. The maximum absolute atomic E-state index is 9.84. The Labute approximate surface area is 90.1 Å². The molecule has 3 heteroatoms. The second kappa shape index (κ2) is 5.52. The fourth-order valence-electron chi connectivity index (χ4n) is 1.49. The molecule has 0 aromatic heterocycles. The van der Waals surface area contributed by atoms with Crippen molar-refractivity contribution in [2.45, 2.75) is 55.5 Å². The number of hydrogen-bond acceptors (Lipinski definition) is 3. The Morgan fingerprint density at radius 2 is 2.08 bits per heavy atom. The van der Waals surface area contributed by atoms with Gasteiger partial charge >= 0.3 is 0 Å². The summed E-state index contributed by atoms with van der Waals surface area (Å²) in [5.74, 6) is 1.12. The van der Waals surface area contributed by atoms with Gasteiger partial charge in [0.2, 0.25) is 0 Å². The van der Waals surface area contributed by atoms with E-state index in [1.165, 1.54) is 0 Å². The highest BCUT2D eigenvalue weighted by atomic mass is 32.2. The van der Waals surface area contributed by atoms with Crippen molar-refractivity contribution in [1.29, 1.82) is 0 Å². The minimum atomic E-state index is -0.0857. The summed E-state index contributed by atoms with van der Waals surface area (Å²) in [6.07, 6.45) is 1.96. The lowest BCUT2D eigenvalue weighted by molar-refractivity contribution is 0.165. The summed E-state index contributed by atoms with van der Waals surface area (Å²) >= 11 is 3.98. The second-order valence-electron chi connectivity index (χ2n) is 3.77. The van der Waals surface area contributed by atoms with Crippen LogP contribution in [-0.4, -0.2) is 32.7 Å². The Balaban J connectivity index is 2.36. The predicted octanol–water partition coefficient (Wildman–Crippen LogP) is 2.77. The van der Waals surface area contributed by atoms with Crippen LogP contribution in [0.4, 0.5) is 0 Å². The molecule has 1 N–H and O–H groups in total. The van der Waals surface area contributed by atoms with E-state index in [9.17, 15) is 5.11 Å². The highest BCUT2D eigenvalue weighted by Crippen LogP contribution is 2.37. The fraction of sp³-hybridized carbons (Fsp3) is 1.00. The van der Waals surface area contributed by atoms with E-state index in [1.54, 1.807) is 0 Å². The third-order valence-electron chi connectivity index (χ3n) is 2.59. The lowest BCUT2D eigenvalue weighted by Gasteiger charge is -2.33. The van der Waals surface area contributed by atoms with Crippen LogP contribution in [0, 0.1) is 0 Å². The van der Waals surface area contributed by atoms with Crippen LogP contribution in [0.5, 0.6) is 0 Å². The maximum atomic E-state index is 9.84. The van der Waals surface area contributed by atoms with E-state index < -0.39 is 0 Å². The molecular formula is C10H20OS2. The molecule has 1 saturated heterocycles. The van der Waals surface area contributed by atoms with Crippen molar-refractivity contribution in [3.63, 3.8) is 0 Å². The van der Waals surface area contributed by atoms with Gasteiger partial charge < -0.3 is 5.11 Å². The van der Waals surface area contributed by atoms with Gasteiger partial charge in [-0.25, -0.2) is 0 Å².